The van der Waals surface area contributed by atoms with Crippen molar-refractivity contribution in [1.82, 2.24) is 0 Å². The smallest absolute Gasteiger partial charge is 0.337 e. The van der Waals surface area contributed by atoms with E-state index in [0.29, 0.717) is 46.1 Å². The minimum absolute atomic E-state index is 0.348. The molecule has 0 radical (unpaired) electrons. The van der Waals surface area contributed by atoms with E-state index in [1.54, 1.807) is 72.8 Å². The molecule has 0 fully saturated rings. The molecule has 3 rings (SSSR count). The Balaban J connectivity index is 1.53. The Morgan fingerprint density at radius 2 is 0.857 bits per heavy atom. The lowest BCUT2D eigenvalue weighted by Gasteiger charge is -2.16. The number of esters is 2. The third-order valence-corrected chi connectivity index (χ3v) is 10.4. The van der Waals surface area contributed by atoms with Crippen molar-refractivity contribution in [3.8, 4) is 0 Å². The van der Waals surface area contributed by atoms with Gasteiger partial charge in [0.15, 0.2) is 0 Å². The fourth-order valence-electron chi connectivity index (χ4n) is 3.35. The van der Waals surface area contributed by atoms with E-state index in [9.17, 15) is 19.2 Å². The molecule has 0 aliphatic heterocycles. The summed E-state index contributed by atoms with van der Waals surface area (Å²) in [7, 11) is -3.53. The molecule has 0 atom stereocenters. The number of rotatable bonds is 12. The minimum Gasteiger partial charge on any atom is -0.465 e. The first-order valence-corrected chi connectivity index (χ1v) is 19.9. The van der Waals surface area contributed by atoms with Crippen LogP contribution in [0, 0.1) is 0 Å². The second-order valence-electron chi connectivity index (χ2n) is 11.2. The fourth-order valence-corrected chi connectivity index (χ4v) is 4.59. The van der Waals surface area contributed by atoms with Gasteiger partial charge in [-0.1, -0.05) is 37.6 Å². The van der Waals surface area contributed by atoms with Crippen molar-refractivity contribution in [1.29, 1.82) is 0 Å². The van der Waals surface area contributed by atoms with Crippen LogP contribution in [0.5, 0.6) is 0 Å². The highest BCUT2D eigenvalue weighted by molar-refractivity contribution is 6.82. The summed E-state index contributed by atoms with van der Waals surface area (Å²) < 4.78 is 10.8. The maximum atomic E-state index is 12.7. The van der Waals surface area contributed by atoms with E-state index < -0.39 is 28.1 Å². The van der Waals surface area contributed by atoms with Gasteiger partial charge in [0.05, 0.1) is 23.6 Å². The normalized spacial score (nSPS) is 11.1. The number of amides is 2. The lowest BCUT2D eigenvalue weighted by molar-refractivity contribution is 0.0557. The number of carbonyl (C=O) groups excluding carboxylic acids is 4. The van der Waals surface area contributed by atoms with Gasteiger partial charge in [0, 0.05) is 22.5 Å². The van der Waals surface area contributed by atoms with Gasteiger partial charge in [-0.3, -0.25) is 9.59 Å². The van der Waals surface area contributed by atoms with Crippen LogP contribution in [0.2, 0.25) is 26.2 Å². The average molecular weight is 601 g/mol. The highest BCUT2D eigenvalue weighted by atomic mass is 28.3. The summed E-state index contributed by atoms with van der Waals surface area (Å²) in [6, 6.07) is 19.1. The zero-order valence-electron chi connectivity index (χ0n) is 24.4. The minimum atomic E-state index is -1.77. The summed E-state index contributed by atoms with van der Waals surface area (Å²) in [4.78, 5) is 50.0. The lowest BCUT2D eigenvalue weighted by atomic mass is 10.1. The Labute approximate surface area is 248 Å². The molecule has 218 valence electrons. The molecule has 0 spiro atoms. The fraction of sp³-hybridized carbons (Fsp3) is 0.188. The molecule has 0 aliphatic carbocycles. The molecular weight excluding hydrogens is 565 g/mol. The van der Waals surface area contributed by atoms with Crippen LogP contribution in [0.4, 0.5) is 11.4 Å². The second kappa shape index (κ2) is 13.9. The molecule has 8 nitrogen and oxygen atoms in total. The van der Waals surface area contributed by atoms with Crippen LogP contribution in [-0.2, 0) is 9.47 Å². The number of benzene rings is 3. The summed E-state index contributed by atoms with van der Waals surface area (Å²) in [6.45, 7) is 15.8. The van der Waals surface area contributed by atoms with Gasteiger partial charge in [-0.05, 0) is 72.8 Å². The molecule has 42 heavy (non-hydrogen) atoms. The Bertz CT molecular complexity index is 1350. The van der Waals surface area contributed by atoms with E-state index in [1.807, 2.05) is 11.4 Å². The van der Waals surface area contributed by atoms with Gasteiger partial charge in [0.25, 0.3) is 11.8 Å². The molecule has 0 unspecified atom stereocenters. The number of hydrogen-bond acceptors (Lipinski definition) is 6. The van der Waals surface area contributed by atoms with Crippen molar-refractivity contribution < 1.29 is 28.7 Å². The van der Waals surface area contributed by atoms with Crippen molar-refractivity contribution in [3.05, 3.63) is 120 Å². The van der Waals surface area contributed by atoms with Crippen LogP contribution in [0.25, 0.3) is 0 Å². The third-order valence-electron chi connectivity index (χ3n) is 6.42. The molecule has 0 saturated heterocycles. The molecule has 0 saturated carbocycles. The van der Waals surface area contributed by atoms with Crippen LogP contribution in [0.15, 0.2) is 97.4 Å². The van der Waals surface area contributed by atoms with Gasteiger partial charge in [0.2, 0.25) is 0 Å². The molecule has 0 aliphatic rings. The first-order valence-electron chi connectivity index (χ1n) is 13.4. The van der Waals surface area contributed by atoms with Crippen LogP contribution in [-0.4, -0.2) is 52.4 Å². The second-order valence-corrected chi connectivity index (χ2v) is 20.5. The Morgan fingerprint density at radius 1 is 0.571 bits per heavy atom. The van der Waals surface area contributed by atoms with Crippen LogP contribution in [0.3, 0.4) is 0 Å². The average Bonchev–Trinajstić information content (AvgIpc) is 2.99. The number of carbonyl (C=O) groups is 4. The Kier molecular flexibility index (Phi) is 10.6. The predicted octanol–water partition coefficient (Wildman–Crippen LogP) is 6.45. The maximum absolute atomic E-state index is 12.7. The van der Waals surface area contributed by atoms with Gasteiger partial charge in [-0.25, -0.2) is 9.59 Å². The maximum Gasteiger partial charge on any atom is 0.337 e. The van der Waals surface area contributed by atoms with Crippen LogP contribution in [0.1, 0.15) is 41.4 Å². The largest absolute Gasteiger partial charge is 0.465 e. The summed E-state index contributed by atoms with van der Waals surface area (Å²) in [5.74, 6) is -1.57. The number of ether oxygens (including phenoxy) is 2. The molecular formula is C32H36N2O6Si2. The Morgan fingerprint density at radius 3 is 1.14 bits per heavy atom. The first-order chi connectivity index (χ1) is 19.8. The van der Waals surface area contributed by atoms with Crippen molar-refractivity contribution in [2.75, 3.05) is 23.1 Å². The molecule has 10 heteroatoms. The molecule has 3 aromatic carbocycles. The SMILES string of the molecule is C=C[Si](C)(C)COC(=O)c1ccc(NC(=O)c2ccc(C(=O)Nc3ccc(C(=O)OC[Si](C)(C)C=C)cc3)cc2)cc1. The monoisotopic (exact) mass is 600 g/mol. The molecule has 0 aromatic heterocycles. The van der Waals surface area contributed by atoms with Gasteiger partial charge >= 0.3 is 11.9 Å². The molecule has 0 bridgehead atoms. The Hall–Kier alpha value is -4.55. The molecule has 2 amide bonds. The molecule has 3 aromatic rings. The van der Waals surface area contributed by atoms with E-state index in [4.69, 9.17) is 9.47 Å². The van der Waals surface area contributed by atoms with Crippen LogP contribution >= 0.6 is 0 Å². The topological polar surface area (TPSA) is 111 Å². The summed E-state index contributed by atoms with van der Waals surface area (Å²) in [6.07, 6.45) is 0.697. The van der Waals surface area contributed by atoms with Crippen molar-refractivity contribution >= 4 is 51.3 Å². The molecule has 0 heterocycles. The summed E-state index contributed by atoms with van der Waals surface area (Å²) in [5.41, 5.74) is 6.25. The summed E-state index contributed by atoms with van der Waals surface area (Å²) in [5, 5.41) is 5.55. The predicted molar refractivity (Wildman–Crippen MR) is 171 cm³/mol. The van der Waals surface area contributed by atoms with E-state index >= 15 is 0 Å². The first kappa shape index (κ1) is 32.0. The number of anilines is 2. The van der Waals surface area contributed by atoms with Gasteiger partial charge < -0.3 is 20.1 Å². The standard InChI is InChI=1S/C32H36N2O6Si2/c1-7-41(3,4)21-39-31(37)25-13-17-27(18-14-25)33-29(35)23-9-11-24(12-10-23)30(36)34-28-19-15-26(16-20-28)32(38)40-22-42(5,6)8-2/h7-20H,1-2,21-22H2,3-6H3,(H,33,35)(H,34,36). The highest BCUT2D eigenvalue weighted by Gasteiger charge is 2.21. The number of hydrogen-bond donors (Lipinski definition) is 2. The van der Waals surface area contributed by atoms with Crippen molar-refractivity contribution in [2.45, 2.75) is 26.2 Å². The molecule has 2 N–H and O–H groups in total. The van der Waals surface area contributed by atoms with E-state index in [1.165, 1.54) is 0 Å². The third kappa shape index (κ3) is 9.25. The zero-order chi connectivity index (χ0) is 30.9. The van der Waals surface area contributed by atoms with Gasteiger partial charge in [-0.2, -0.15) is 0 Å². The van der Waals surface area contributed by atoms with E-state index in [2.05, 4.69) is 50.0 Å². The van der Waals surface area contributed by atoms with E-state index in [-0.39, 0.29) is 11.8 Å². The van der Waals surface area contributed by atoms with Crippen LogP contribution < -0.4 is 10.6 Å². The van der Waals surface area contributed by atoms with Crippen molar-refractivity contribution in [3.63, 3.8) is 0 Å². The zero-order valence-corrected chi connectivity index (χ0v) is 26.4. The van der Waals surface area contributed by atoms with E-state index in [0.717, 1.165) is 0 Å². The quantitative estimate of drug-likeness (QED) is 0.183. The van der Waals surface area contributed by atoms with Crippen molar-refractivity contribution in [2.24, 2.45) is 0 Å². The van der Waals surface area contributed by atoms with Gasteiger partial charge in [-0.15, -0.1) is 13.2 Å². The lowest BCUT2D eigenvalue weighted by Crippen LogP contribution is -2.31. The summed E-state index contributed by atoms with van der Waals surface area (Å²) >= 11 is 0. The van der Waals surface area contributed by atoms with Gasteiger partial charge in [0.1, 0.15) is 16.1 Å². The number of nitrogens with one attached hydrogen (secondary N) is 2. The highest BCUT2D eigenvalue weighted by Crippen LogP contribution is 2.16.